The number of rotatable bonds is 5. The molecule has 4 nitrogen and oxygen atoms in total. The third kappa shape index (κ3) is 4.07. The molecule has 0 aliphatic carbocycles. The van der Waals surface area contributed by atoms with Gasteiger partial charge in [-0.2, -0.15) is 0 Å². The minimum absolute atomic E-state index is 0.101. The van der Waals surface area contributed by atoms with Crippen LogP contribution in [0.5, 0.6) is 5.75 Å². The topological polar surface area (TPSA) is 61.4 Å². The lowest BCUT2D eigenvalue weighted by Crippen LogP contribution is -2.32. The summed E-state index contributed by atoms with van der Waals surface area (Å²) in [6, 6.07) is 4.86. The van der Waals surface area contributed by atoms with E-state index in [0.29, 0.717) is 23.6 Å². The van der Waals surface area contributed by atoms with E-state index in [1.807, 2.05) is 7.05 Å². The largest absolute Gasteiger partial charge is 0.508 e. The number of amides is 1. The highest BCUT2D eigenvalue weighted by Crippen LogP contribution is 2.16. The molecule has 4 heteroatoms. The zero-order valence-corrected chi connectivity index (χ0v) is 10.6. The standard InChI is InChI=1S/C13H20N2O2/c1-9(7-14-3)8-15-13(17)11-4-5-12(16)10(2)6-11/h4-6,9,14,16H,7-8H2,1-3H3,(H,15,17). The Hall–Kier alpha value is -1.55. The molecule has 1 atom stereocenters. The van der Waals surface area contributed by atoms with E-state index in [-0.39, 0.29) is 11.7 Å². The molecule has 94 valence electrons. The lowest BCUT2D eigenvalue weighted by Gasteiger charge is -2.12. The maximum absolute atomic E-state index is 11.8. The molecule has 3 N–H and O–H groups in total. The average molecular weight is 236 g/mol. The summed E-state index contributed by atoms with van der Waals surface area (Å²) in [4.78, 5) is 11.8. The second-order valence-corrected chi connectivity index (χ2v) is 4.37. The summed E-state index contributed by atoms with van der Waals surface area (Å²) in [5.41, 5.74) is 1.29. The minimum atomic E-state index is -0.101. The molecule has 0 saturated carbocycles. The maximum atomic E-state index is 11.8. The third-order valence-electron chi connectivity index (χ3n) is 2.62. The summed E-state index contributed by atoms with van der Waals surface area (Å²) in [5, 5.41) is 15.3. The number of aromatic hydroxyl groups is 1. The molecule has 0 spiro atoms. The van der Waals surface area contributed by atoms with Crippen molar-refractivity contribution in [1.82, 2.24) is 10.6 Å². The Bertz CT molecular complexity index is 391. The summed E-state index contributed by atoms with van der Waals surface area (Å²) in [7, 11) is 1.89. The van der Waals surface area contributed by atoms with Crippen LogP contribution in [0.1, 0.15) is 22.8 Å². The number of carbonyl (C=O) groups excluding carboxylic acids is 1. The predicted octanol–water partition coefficient (Wildman–Crippen LogP) is 1.29. The molecule has 0 aliphatic heterocycles. The number of phenolic OH excluding ortho intramolecular Hbond substituents is 1. The molecule has 1 aromatic carbocycles. The highest BCUT2D eigenvalue weighted by molar-refractivity contribution is 5.94. The average Bonchev–Trinajstić information content (AvgIpc) is 2.30. The Morgan fingerprint density at radius 2 is 2.12 bits per heavy atom. The number of hydrogen-bond acceptors (Lipinski definition) is 3. The van der Waals surface area contributed by atoms with Crippen LogP contribution >= 0.6 is 0 Å². The van der Waals surface area contributed by atoms with Crippen LogP contribution in [0.15, 0.2) is 18.2 Å². The van der Waals surface area contributed by atoms with E-state index in [4.69, 9.17) is 0 Å². The van der Waals surface area contributed by atoms with E-state index in [1.54, 1.807) is 25.1 Å². The number of hydrogen-bond donors (Lipinski definition) is 3. The fraction of sp³-hybridized carbons (Fsp3) is 0.462. The van der Waals surface area contributed by atoms with Crippen molar-refractivity contribution in [1.29, 1.82) is 0 Å². The van der Waals surface area contributed by atoms with Gasteiger partial charge in [0.05, 0.1) is 0 Å². The van der Waals surface area contributed by atoms with E-state index in [2.05, 4.69) is 17.6 Å². The molecular weight excluding hydrogens is 216 g/mol. The fourth-order valence-corrected chi connectivity index (χ4v) is 1.59. The van der Waals surface area contributed by atoms with E-state index >= 15 is 0 Å². The molecule has 0 aliphatic rings. The summed E-state index contributed by atoms with van der Waals surface area (Å²) in [6.07, 6.45) is 0. The van der Waals surface area contributed by atoms with E-state index < -0.39 is 0 Å². The molecule has 17 heavy (non-hydrogen) atoms. The van der Waals surface area contributed by atoms with Crippen LogP contribution in [0.25, 0.3) is 0 Å². The Kier molecular flexibility index (Phi) is 4.97. The summed E-state index contributed by atoms with van der Waals surface area (Å²) in [6.45, 7) is 5.35. The maximum Gasteiger partial charge on any atom is 0.251 e. The monoisotopic (exact) mass is 236 g/mol. The van der Waals surface area contributed by atoms with Crippen molar-refractivity contribution in [3.63, 3.8) is 0 Å². The molecule has 1 aromatic rings. The molecular formula is C13H20N2O2. The molecule has 1 unspecified atom stereocenters. The molecule has 0 aromatic heterocycles. The quantitative estimate of drug-likeness (QED) is 0.722. The second-order valence-electron chi connectivity index (χ2n) is 4.37. The molecule has 1 rings (SSSR count). The van der Waals surface area contributed by atoms with Gasteiger partial charge in [0.1, 0.15) is 5.75 Å². The van der Waals surface area contributed by atoms with Crippen LogP contribution in [-0.2, 0) is 0 Å². The Balaban J connectivity index is 2.55. The Labute approximate surface area is 102 Å². The summed E-state index contributed by atoms with van der Waals surface area (Å²) >= 11 is 0. The van der Waals surface area contributed by atoms with Crippen LogP contribution < -0.4 is 10.6 Å². The number of nitrogens with one attached hydrogen (secondary N) is 2. The smallest absolute Gasteiger partial charge is 0.251 e. The van der Waals surface area contributed by atoms with Gasteiger partial charge in [-0.05, 0) is 50.2 Å². The molecule has 0 heterocycles. The van der Waals surface area contributed by atoms with Crippen molar-refractivity contribution in [2.45, 2.75) is 13.8 Å². The minimum Gasteiger partial charge on any atom is -0.508 e. The highest BCUT2D eigenvalue weighted by atomic mass is 16.3. The Morgan fingerprint density at radius 3 is 2.71 bits per heavy atom. The van der Waals surface area contributed by atoms with Gasteiger partial charge in [-0.25, -0.2) is 0 Å². The normalized spacial score (nSPS) is 12.2. The molecule has 0 radical (unpaired) electrons. The zero-order valence-electron chi connectivity index (χ0n) is 10.6. The molecule has 1 amide bonds. The zero-order chi connectivity index (χ0) is 12.8. The molecule has 0 fully saturated rings. The van der Waals surface area contributed by atoms with Crippen molar-refractivity contribution in [2.75, 3.05) is 20.1 Å². The summed E-state index contributed by atoms with van der Waals surface area (Å²) in [5.74, 6) is 0.503. The second kappa shape index (κ2) is 6.25. The van der Waals surface area contributed by atoms with Crippen molar-refractivity contribution in [3.8, 4) is 5.75 Å². The van der Waals surface area contributed by atoms with Gasteiger partial charge in [-0.1, -0.05) is 6.92 Å². The SMILES string of the molecule is CNCC(C)CNC(=O)c1ccc(O)c(C)c1. The van der Waals surface area contributed by atoms with Crippen LogP contribution in [-0.4, -0.2) is 31.2 Å². The first kappa shape index (κ1) is 13.5. The van der Waals surface area contributed by atoms with Crippen LogP contribution in [0, 0.1) is 12.8 Å². The van der Waals surface area contributed by atoms with Gasteiger partial charge in [0.2, 0.25) is 0 Å². The Morgan fingerprint density at radius 1 is 1.41 bits per heavy atom. The van der Waals surface area contributed by atoms with E-state index in [0.717, 1.165) is 6.54 Å². The van der Waals surface area contributed by atoms with Crippen molar-refractivity contribution in [2.24, 2.45) is 5.92 Å². The highest BCUT2D eigenvalue weighted by Gasteiger charge is 2.08. The first-order valence-corrected chi connectivity index (χ1v) is 5.77. The van der Waals surface area contributed by atoms with Crippen LogP contribution in [0.2, 0.25) is 0 Å². The summed E-state index contributed by atoms with van der Waals surface area (Å²) < 4.78 is 0. The number of benzene rings is 1. The number of aryl methyl sites for hydroxylation is 1. The van der Waals surface area contributed by atoms with Crippen LogP contribution in [0.4, 0.5) is 0 Å². The lowest BCUT2D eigenvalue weighted by molar-refractivity contribution is 0.0948. The third-order valence-corrected chi connectivity index (χ3v) is 2.62. The molecule has 0 saturated heterocycles. The van der Waals surface area contributed by atoms with Gasteiger partial charge in [0.25, 0.3) is 5.91 Å². The lowest BCUT2D eigenvalue weighted by atomic mass is 10.1. The first-order valence-electron chi connectivity index (χ1n) is 5.77. The van der Waals surface area contributed by atoms with E-state index in [1.165, 1.54) is 0 Å². The van der Waals surface area contributed by atoms with Crippen molar-refractivity contribution in [3.05, 3.63) is 29.3 Å². The number of carbonyl (C=O) groups is 1. The van der Waals surface area contributed by atoms with Gasteiger partial charge in [0.15, 0.2) is 0 Å². The van der Waals surface area contributed by atoms with E-state index in [9.17, 15) is 9.90 Å². The van der Waals surface area contributed by atoms with Crippen molar-refractivity contribution >= 4 is 5.91 Å². The predicted molar refractivity (Wildman–Crippen MR) is 68.3 cm³/mol. The van der Waals surface area contributed by atoms with Crippen LogP contribution in [0.3, 0.4) is 0 Å². The van der Waals surface area contributed by atoms with Gasteiger partial charge in [-0.15, -0.1) is 0 Å². The number of phenols is 1. The van der Waals surface area contributed by atoms with Gasteiger partial charge >= 0.3 is 0 Å². The van der Waals surface area contributed by atoms with Gasteiger partial charge in [0, 0.05) is 12.1 Å². The first-order chi connectivity index (χ1) is 8.04. The van der Waals surface area contributed by atoms with Gasteiger partial charge in [-0.3, -0.25) is 4.79 Å². The fourth-order valence-electron chi connectivity index (χ4n) is 1.59. The molecule has 0 bridgehead atoms. The van der Waals surface area contributed by atoms with Gasteiger partial charge < -0.3 is 15.7 Å². The van der Waals surface area contributed by atoms with Crippen molar-refractivity contribution < 1.29 is 9.90 Å².